The molecule has 1 aromatic carbocycles. The Morgan fingerprint density at radius 2 is 2.00 bits per heavy atom. The second-order valence-corrected chi connectivity index (χ2v) is 4.39. The minimum absolute atomic E-state index is 0.0995. The summed E-state index contributed by atoms with van der Waals surface area (Å²) in [7, 11) is 1.27. The molecule has 0 saturated heterocycles. The SMILES string of the molecule is COC(=O)c1c(C)c(Br)cc(Br)c1O. The van der Waals surface area contributed by atoms with Gasteiger partial charge in [-0.3, -0.25) is 0 Å². The molecule has 1 rings (SSSR count). The fourth-order valence-electron chi connectivity index (χ4n) is 1.06. The summed E-state index contributed by atoms with van der Waals surface area (Å²) in [6.07, 6.45) is 0. The first-order valence-electron chi connectivity index (χ1n) is 3.75. The van der Waals surface area contributed by atoms with E-state index >= 15 is 0 Å². The Balaban J connectivity index is 3.47. The third-order valence-electron chi connectivity index (χ3n) is 1.84. The number of rotatable bonds is 1. The molecule has 0 heterocycles. The van der Waals surface area contributed by atoms with Gasteiger partial charge in [-0.25, -0.2) is 4.79 Å². The predicted octanol–water partition coefficient (Wildman–Crippen LogP) is 3.01. The standard InChI is InChI=1S/C9H8Br2O3/c1-4-5(10)3-6(11)8(12)7(4)9(13)14-2/h3,12H,1-2H3. The minimum Gasteiger partial charge on any atom is -0.506 e. The highest BCUT2D eigenvalue weighted by Gasteiger charge is 2.19. The van der Waals surface area contributed by atoms with Crippen molar-refractivity contribution in [2.75, 3.05) is 7.11 Å². The lowest BCUT2D eigenvalue weighted by molar-refractivity contribution is 0.0596. The second-order valence-electron chi connectivity index (χ2n) is 2.68. The zero-order chi connectivity index (χ0) is 10.9. The second kappa shape index (κ2) is 4.31. The number of ether oxygens (including phenoxy) is 1. The first-order chi connectivity index (χ1) is 6.49. The molecule has 0 amide bonds. The average Bonchev–Trinajstić information content (AvgIpc) is 2.15. The molecule has 0 unspecified atom stereocenters. The minimum atomic E-state index is -0.554. The van der Waals surface area contributed by atoms with Gasteiger partial charge >= 0.3 is 5.97 Å². The van der Waals surface area contributed by atoms with Crippen molar-refractivity contribution in [2.45, 2.75) is 6.92 Å². The summed E-state index contributed by atoms with van der Waals surface area (Å²) in [5, 5.41) is 9.64. The molecule has 76 valence electrons. The van der Waals surface area contributed by atoms with Crippen molar-refractivity contribution in [3.63, 3.8) is 0 Å². The van der Waals surface area contributed by atoms with Crippen LogP contribution in [0.15, 0.2) is 15.0 Å². The fraction of sp³-hybridized carbons (Fsp3) is 0.222. The van der Waals surface area contributed by atoms with Gasteiger partial charge in [-0.05, 0) is 34.5 Å². The van der Waals surface area contributed by atoms with E-state index in [4.69, 9.17) is 0 Å². The van der Waals surface area contributed by atoms with Crippen LogP contribution in [0.3, 0.4) is 0 Å². The fourth-order valence-corrected chi connectivity index (χ4v) is 2.22. The number of halogens is 2. The maximum atomic E-state index is 11.3. The highest BCUT2D eigenvalue weighted by atomic mass is 79.9. The summed E-state index contributed by atoms with van der Waals surface area (Å²) < 4.78 is 5.76. The number of carbonyl (C=O) groups excluding carboxylic acids is 1. The number of hydrogen-bond acceptors (Lipinski definition) is 3. The Bertz CT molecular complexity index is 362. The molecule has 1 aromatic rings. The van der Waals surface area contributed by atoms with Gasteiger partial charge < -0.3 is 9.84 Å². The zero-order valence-corrected chi connectivity index (χ0v) is 10.8. The van der Waals surface area contributed by atoms with E-state index in [0.717, 1.165) is 4.47 Å². The molecular formula is C9H8Br2O3. The topological polar surface area (TPSA) is 46.5 Å². The Kier molecular flexibility index (Phi) is 3.55. The van der Waals surface area contributed by atoms with Gasteiger partial charge in [-0.1, -0.05) is 15.9 Å². The maximum absolute atomic E-state index is 11.3. The van der Waals surface area contributed by atoms with Crippen LogP contribution in [0.5, 0.6) is 5.75 Å². The summed E-state index contributed by atoms with van der Waals surface area (Å²) >= 11 is 6.42. The molecule has 0 aliphatic heterocycles. The quantitative estimate of drug-likeness (QED) is 0.808. The molecule has 0 aliphatic rings. The van der Waals surface area contributed by atoms with Crippen molar-refractivity contribution in [3.05, 3.63) is 26.1 Å². The van der Waals surface area contributed by atoms with Crippen LogP contribution >= 0.6 is 31.9 Å². The van der Waals surface area contributed by atoms with Gasteiger partial charge in [-0.15, -0.1) is 0 Å². The summed E-state index contributed by atoms with van der Waals surface area (Å²) in [5.41, 5.74) is 0.825. The van der Waals surface area contributed by atoms with Crippen molar-refractivity contribution in [3.8, 4) is 5.75 Å². The molecule has 14 heavy (non-hydrogen) atoms. The number of phenols is 1. The lowest BCUT2D eigenvalue weighted by Crippen LogP contribution is -2.05. The highest BCUT2D eigenvalue weighted by molar-refractivity contribution is 9.11. The number of carbonyl (C=O) groups is 1. The van der Waals surface area contributed by atoms with E-state index in [2.05, 4.69) is 36.6 Å². The van der Waals surface area contributed by atoms with E-state index in [1.54, 1.807) is 13.0 Å². The molecule has 0 aromatic heterocycles. The van der Waals surface area contributed by atoms with Gasteiger partial charge in [0.2, 0.25) is 0 Å². The number of hydrogen-bond donors (Lipinski definition) is 1. The normalized spacial score (nSPS) is 10.0. The van der Waals surface area contributed by atoms with Gasteiger partial charge in [0.1, 0.15) is 11.3 Å². The smallest absolute Gasteiger partial charge is 0.341 e. The van der Waals surface area contributed by atoms with Crippen molar-refractivity contribution >= 4 is 37.8 Å². The average molecular weight is 324 g/mol. The zero-order valence-electron chi connectivity index (χ0n) is 7.60. The highest BCUT2D eigenvalue weighted by Crippen LogP contribution is 2.35. The molecule has 0 atom stereocenters. The van der Waals surface area contributed by atoms with Crippen molar-refractivity contribution < 1.29 is 14.6 Å². The summed E-state index contributed by atoms with van der Waals surface area (Å²) in [5.74, 6) is -0.653. The van der Waals surface area contributed by atoms with Crippen LogP contribution in [0.4, 0.5) is 0 Å². The van der Waals surface area contributed by atoms with Crippen LogP contribution in [0, 0.1) is 6.92 Å². The third-order valence-corrected chi connectivity index (χ3v) is 3.27. The van der Waals surface area contributed by atoms with E-state index in [1.807, 2.05) is 0 Å². The van der Waals surface area contributed by atoms with E-state index in [1.165, 1.54) is 7.11 Å². The monoisotopic (exact) mass is 322 g/mol. The van der Waals surface area contributed by atoms with E-state index in [0.29, 0.717) is 10.0 Å². The van der Waals surface area contributed by atoms with E-state index in [-0.39, 0.29) is 11.3 Å². The Morgan fingerprint density at radius 3 is 2.50 bits per heavy atom. The molecule has 0 bridgehead atoms. The molecule has 0 aliphatic carbocycles. The van der Waals surface area contributed by atoms with Crippen molar-refractivity contribution in [2.24, 2.45) is 0 Å². The number of phenolic OH excluding ortho intramolecular Hbond substituents is 1. The predicted molar refractivity (Wildman–Crippen MR) is 59.6 cm³/mol. The molecule has 3 nitrogen and oxygen atoms in total. The first-order valence-corrected chi connectivity index (χ1v) is 5.33. The lowest BCUT2D eigenvalue weighted by atomic mass is 10.1. The Labute approximate surface area is 98.3 Å². The van der Waals surface area contributed by atoms with Gasteiger partial charge in [0.25, 0.3) is 0 Å². The van der Waals surface area contributed by atoms with Crippen LogP contribution < -0.4 is 0 Å². The van der Waals surface area contributed by atoms with Gasteiger partial charge in [0.05, 0.1) is 11.6 Å². The number of aromatic hydroxyl groups is 1. The van der Waals surface area contributed by atoms with Crippen LogP contribution in [0.25, 0.3) is 0 Å². The van der Waals surface area contributed by atoms with Crippen LogP contribution in [-0.4, -0.2) is 18.2 Å². The molecule has 5 heteroatoms. The first kappa shape index (κ1) is 11.5. The molecule has 0 spiro atoms. The molecule has 0 saturated carbocycles. The Hall–Kier alpha value is -0.550. The lowest BCUT2D eigenvalue weighted by Gasteiger charge is -2.09. The molecule has 0 fully saturated rings. The largest absolute Gasteiger partial charge is 0.506 e. The number of esters is 1. The maximum Gasteiger partial charge on any atom is 0.341 e. The third kappa shape index (κ3) is 1.93. The van der Waals surface area contributed by atoms with Gasteiger partial charge in [0, 0.05) is 4.47 Å². The molecule has 0 radical (unpaired) electrons. The van der Waals surface area contributed by atoms with E-state index < -0.39 is 5.97 Å². The molecule has 1 N–H and O–H groups in total. The van der Waals surface area contributed by atoms with Crippen LogP contribution in [0.1, 0.15) is 15.9 Å². The van der Waals surface area contributed by atoms with Gasteiger partial charge in [0.15, 0.2) is 0 Å². The summed E-state index contributed by atoms with van der Waals surface area (Å²) in [4.78, 5) is 11.3. The van der Waals surface area contributed by atoms with Crippen LogP contribution in [-0.2, 0) is 4.74 Å². The van der Waals surface area contributed by atoms with Crippen LogP contribution in [0.2, 0.25) is 0 Å². The molecular weight excluding hydrogens is 316 g/mol. The number of benzene rings is 1. The van der Waals surface area contributed by atoms with E-state index in [9.17, 15) is 9.90 Å². The summed E-state index contributed by atoms with van der Waals surface area (Å²) in [6.45, 7) is 1.72. The Morgan fingerprint density at radius 1 is 1.43 bits per heavy atom. The van der Waals surface area contributed by atoms with Gasteiger partial charge in [-0.2, -0.15) is 0 Å². The number of methoxy groups -OCH3 is 1. The van der Waals surface area contributed by atoms with Crippen molar-refractivity contribution in [1.29, 1.82) is 0 Å². The van der Waals surface area contributed by atoms with Crippen molar-refractivity contribution in [1.82, 2.24) is 0 Å². The summed E-state index contributed by atoms with van der Waals surface area (Å²) in [6, 6.07) is 1.68.